The second-order valence-corrected chi connectivity index (χ2v) is 3.97. The first-order valence-electron chi connectivity index (χ1n) is 6.12. The van der Waals surface area contributed by atoms with Crippen LogP contribution < -0.4 is 11.9 Å². The van der Waals surface area contributed by atoms with Crippen molar-refractivity contribution >= 4 is 12.4 Å². The van der Waals surface area contributed by atoms with Crippen LogP contribution in [0.4, 0.5) is 0 Å². The Morgan fingerprint density at radius 3 is 1.33 bits per heavy atom. The summed E-state index contributed by atoms with van der Waals surface area (Å²) >= 11 is 0. The highest BCUT2D eigenvalue weighted by Crippen LogP contribution is 2.09. The van der Waals surface area contributed by atoms with Gasteiger partial charge >= 0.3 is 0 Å². The smallest absolute Gasteiger partial charge is 0.00773 e. The summed E-state index contributed by atoms with van der Waals surface area (Å²) in [5.74, 6) is 0. The molecule has 0 aliphatic rings. The third kappa shape index (κ3) is 20.3. The average Bonchev–Trinajstić information content (AvgIpc) is 2.16. The van der Waals surface area contributed by atoms with Crippen LogP contribution >= 0.6 is 12.4 Å². The Kier molecular flexibility index (Phi) is 27.1. The van der Waals surface area contributed by atoms with Crippen molar-refractivity contribution < 1.29 is 0 Å². The molecule has 0 bridgehead atoms. The molecule has 0 rings (SSSR count). The van der Waals surface area contributed by atoms with Gasteiger partial charge in [0.2, 0.25) is 0 Å². The zero-order chi connectivity index (χ0) is 9.78. The molecule has 0 aliphatic carbocycles. The maximum atomic E-state index is 5.42. The molecule has 3 heteroatoms. The van der Waals surface area contributed by atoms with Crippen molar-refractivity contribution in [2.45, 2.75) is 71.1 Å². The maximum Gasteiger partial charge on any atom is -0.00773 e. The van der Waals surface area contributed by atoms with E-state index in [0.717, 1.165) is 6.54 Å². The van der Waals surface area contributed by atoms with Crippen LogP contribution in [0.1, 0.15) is 71.1 Å². The number of nitrogens with two attached hydrogens (primary N) is 1. The number of hydrogen-bond donors (Lipinski definition) is 2. The van der Waals surface area contributed by atoms with Gasteiger partial charge in [-0.25, -0.2) is 0 Å². The van der Waals surface area contributed by atoms with Gasteiger partial charge in [-0.2, -0.15) is 0 Å². The molecule has 0 aromatic heterocycles. The van der Waals surface area contributed by atoms with E-state index < -0.39 is 0 Å². The van der Waals surface area contributed by atoms with Gasteiger partial charge < -0.3 is 11.9 Å². The molecule has 0 spiro atoms. The molecule has 0 fully saturated rings. The van der Waals surface area contributed by atoms with Crippen LogP contribution in [0.25, 0.3) is 0 Å². The van der Waals surface area contributed by atoms with Crippen LogP contribution in [0.5, 0.6) is 0 Å². The molecule has 5 N–H and O–H groups in total. The Hall–Kier alpha value is 0.210. The Labute approximate surface area is 102 Å². The Morgan fingerprint density at radius 1 is 0.667 bits per heavy atom. The maximum absolute atomic E-state index is 5.42. The highest BCUT2D eigenvalue weighted by molar-refractivity contribution is 5.85. The second kappa shape index (κ2) is 19.7. The van der Waals surface area contributed by atoms with Gasteiger partial charge in [0, 0.05) is 0 Å². The predicted octanol–water partition coefficient (Wildman–Crippen LogP) is 4.45. The van der Waals surface area contributed by atoms with Crippen molar-refractivity contribution in [3.63, 3.8) is 0 Å². The Balaban J connectivity index is -0.000000720. The lowest BCUT2D eigenvalue weighted by Crippen LogP contribution is -1.97. The summed E-state index contributed by atoms with van der Waals surface area (Å²) in [6.07, 6.45) is 13.9. The number of rotatable bonds is 10. The average molecular weight is 239 g/mol. The van der Waals surface area contributed by atoms with Crippen molar-refractivity contribution in [3.05, 3.63) is 0 Å². The normalized spacial score (nSPS) is 9.20. The Bertz CT molecular complexity index is 79.7. The van der Waals surface area contributed by atoms with E-state index in [2.05, 4.69) is 6.92 Å². The van der Waals surface area contributed by atoms with Gasteiger partial charge in [0.1, 0.15) is 0 Å². The van der Waals surface area contributed by atoms with Crippen LogP contribution in [-0.4, -0.2) is 6.54 Å². The third-order valence-electron chi connectivity index (χ3n) is 2.56. The minimum absolute atomic E-state index is 0. The van der Waals surface area contributed by atoms with Gasteiger partial charge in [0.05, 0.1) is 0 Å². The fraction of sp³-hybridized carbons (Fsp3) is 1.00. The first-order valence-corrected chi connectivity index (χ1v) is 6.12. The van der Waals surface area contributed by atoms with Gasteiger partial charge in [-0.15, -0.1) is 12.4 Å². The monoisotopic (exact) mass is 238 g/mol. The van der Waals surface area contributed by atoms with Crippen molar-refractivity contribution in [2.24, 2.45) is 5.73 Å². The van der Waals surface area contributed by atoms with E-state index >= 15 is 0 Å². The van der Waals surface area contributed by atoms with Gasteiger partial charge in [-0.3, -0.25) is 0 Å². The summed E-state index contributed by atoms with van der Waals surface area (Å²) in [5.41, 5.74) is 5.42. The van der Waals surface area contributed by atoms with Gasteiger partial charge in [0.25, 0.3) is 0 Å². The van der Waals surface area contributed by atoms with Gasteiger partial charge in [0.15, 0.2) is 0 Å². The molecular formula is C12H31ClN2. The quantitative estimate of drug-likeness (QED) is 0.553. The van der Waals surface area contributed by atoms with E-state index in [9.17, 15) is 0 Å². The molecule has 0 radical (unpaired) electrons. The van der Waals surface area contributed by atoms with Crippen LogP contribution in [0, 0.1) is 0 Å². The van der Waals surface area contributed by atoms with Crippen molar-refractivity contribution in [1.82, 2.24) is 6.15 Å². The zero-order valence-electron chi connectivity index (χ0n) is 10.5. The Morgan fingerprint density at radius 2 is 1.00 bits per heavy atom. The molecule has 0 saturated heterocycles. The summed E-state index contributed by atoms with van der Waals surface area (Å²) < 4.78 is 0. The number of halogens is 1. The van der Waals surface area contributed by atoms with Crippen molar-refractivity contribution in [3.8, 4) is 0 Å². The molecule has 0 aromatic rings. The first-order chi connectivity index (χ1) is 6.41. The van der Waals surface area contributed by atoms with Crippen molar-refractivity contribution in [2.75, 3.05) is 6.54 Å². The lowest BCUT2D eigenvalue weighted by molar-refractivity contribution is 0.558. The fourth-order valence-corrected chi connectivity index (χ4v) is 1.63. The summed E-state index contributed by atoms with van der Waals surface area (Å²) in [6.45, 7) is 3.14. The standard InChI is InChI=1S/C12H27N.ClH.H3N/c1-2-3-4-5-6-7-8-9-10-11-12-13;;/h2-13H2,1H3;1H;1H3. The summed E-state index contributed by atoms with van der Waals surface area (Å²) in [4.78, 5) is 0. The summed E-state index contributed by atoms with van der Waals surface area (Å²) in [6, 6.07) is 0. The van der Waals surface area contributed by atoms with E-state index in [4.69, 9.17) is 5.73 Å². The topological polar surface area (TPSA) is 61.0 Å². The lowest BCUT2D eigenvalue weighted by Gasteiger charge is -2.00. The van der Waals surface area contributed by atoms with Crippen molar-refractivity contribution in [1.29, 1.82) is 0 Å². The zero-order valence-corrected chi connectivity index (χ0v) is 11.3. The summed E-state index contributed by atoms with van der Waals surface area (Å²) in [7, 11) is 0. The summed E-state index contributed by atoms with van der Waals surface area (Å²) in [5, 5.41) is 0. The fourth-order valence-electron chi connectivity index (χ4n) is 1.63. The molecule has 0 unspecified atom stereocenters. The lowest BCUT2D eigenvalue weighted by atomic mass is 10.1. The van der Waals surface area contributed by atoms with Crippen LogP contribution in [0.3, 0.4) is 0 Å². The second-order valence-electron chi connectivity index (χ2n) is 3.97. The number of hydrogen-bond acceptors (Lipinski definition) is 2. The molecule has 2 nitrogen and oxygen atoms in total. The van der Waals surface area contributed by atoms with E-state index in [0.29, 0.717) is 0 Å². The molecule has 0 aliphatic heterocycles. The van der Waals surface area contributed by atoms with Gasteiger partial charge in [-0.05, 0) is 13.0 Å². The largest absolute Gasteiger partial charge is 0.344 e. The predicted molar refractivity (Wildman–Crippen MR) is 73.2 cm³/mol. The van der Waals surface area contributed by atoms with E-state index in [1.807, 2.05) is 0 Å². The first kappa shape index (κ1) is 20.6. The van der Waals surface area contributed by atoms with Crippen LogP contribution in [0.15, 0.2) is 0 Å². The molecule has 15 heavy (non-hydrogen) atoms. The molecule has 0 amide bonds. The van der Waals surface area contributed by atoms with Gasteiger partial charge in [-0.1, -0.05) is 64.7 Å². The SMILES string of the molecule is CCCCCCCCCCCCN.Cl.N. The minimum Gasteiger partial charge on any atom is -0.344 e. The van der Waals surface area contributed by atoms with E-state index in [-0.39, 0.29) is 18.6 Å². The molecule has 0 aromatic carbocycles. The molecule has 96 valence electrons. The highest BCUT2D eigenvalue weighted by atomic mass is 35.5. The van der Waals surface area contributed by atoms with E-state index in [1.165, 1.54) is 64.2 Å². The molecular weight excluding hydrogens is 208 g/mol. The molecule has 0 saturated carbocycles. The number of unbranched alkanes of at least 4 members (excludes halogenated alkanes) is 9. The van der Waals surface area contributed by atoms with Crippen LogP contribution in [0.2, 0.25) is 0 Å². The van der Waals surface area contributed by atoms with E-state index in [1.54, 1.807) is 0 Å². The molecule has 0 atom stereocenters. The molecule has 0 heterocycles. The van der Waals surface area contributed by atoms with Crippen LogP contribution in [-0.2, 0) is 0 Å². The minimum atomic E-state index is 0. The highest BCUT2D eigenvalue weighted by Gasteiger charge is 1.90. The third-order valence-corrected chi connectivity index (χ3v) is 2.56.